The Morgan fingerprint density at radius 1 is 1.29 bits per heavy atom. The number of nitrogens with zero attached hydrogens (tertiary/aromatic N) is 1. The largest absolute Gasteiger partial charge is 0.387 e. The first-order valence-corrected chi connectivity index (χ1v) is 6.10. The number of rotatable bonds is 3. The lowest BCUT2D eigenvalue weighted by molar-refractivity contribution is 0.190. The van der Waals surface area contributed by atoms with Crippen molar-refractivity contribution < 1.29 is 5.11 Å². The van der Waals surface area contributed by atoms with Crippen molar-refractivity contribution in [3.63, 3.8) is 0 Å². The zero-order valence-electron chi connectivity index (χ0n) is 9.40. The van der Waals surface area contributed by atoms with E-state index < -0.39 is 6.10 Å². The molecule has 0 saturated carbocycles. The van der Waals surface area contributed by atoms with Crippen molar-refractivity contribution in [2.75, 3.05) is 0 Å². The van der Waals surface area contributed by atoms with Gasteiger partial charge in [-0.15, -0.1) is 0 Å². The molecular weight excluding hydrogens is 257 g/mol. The first-order chi connectivity index (χ1) is 8.08. The number of aliphatic hydroxyl groups excluding tert-OH is 1. The maximum Gasteiger partial charge on any atom is 0.0911 e. The number of aliphatic hydroxyl groups is 1. The molecule has 1 heterocycles. The fraction of sp³-hybridized carbons (Fsp3) is 0.231. The van der Waals surface area contributed by atoms with Crippen LogP contribution < -0.4 is 0 Å². The van der Waals surface area contributed by atoms with E-state index in [1.165, 1.54) is 0 Å². The second-order valence-electron chi connectivity index (χ2n) is 3.97. The quantitative estimate of drug-likeness (QED) is 0.899. The van der Waals surface area contributed by atoms with Crippen LogP contribution in [0.15, 0.2) is 36.5 Å². The van der Waals surface area contributed by atoms with Crippen molar-refractivity contribution in [3.05, 3.63) is 57.8 Å². The van der Waals surface area contributed by atoms with Crippen molar-refractivity contribution in [3.8, 4) is 0 Å². The average molecular weight is 270 g/mol. The van der Waals surface area contributed by atoms with Crippen LogP contribution in [0.4, 0.5) is 0 Å². The molecule has 0 saturated heterocycles. The first kappa shape index (κ1) is 12.5. The lowest BCUT2D eigenvalue weighted by atomic mass is 10.2. The minimum Gasteiger partial charge on any atom is -0.387 e. The van der Waals surface area contributed by atoms with Crippen molar-refractivity contribution in [2.45, 2.75) is 19.6 Å². The van der Waals surface area contributed by atoms with Crippen LogP contribution in [0.25, 0.3) is 0 Å². The molecule has 90 valence electrons. The van der Waals surface area contributed by atoms with Gasteiger partial charge in [0.2, 0.25) is 0 Å². The fourth-order valence-electron chi connectivity index (χ4n) is 1.78. The molecule has 2 aromatic rings. The second kappa shape index (κ2) is 5.13. The van der Waals surface area contributed by atoms with Gasteiger partial charge in [-0.1, -0.05) is 29.3 Å². The molecule has 0 radical (unpaired) electrons. The summed E-state index contributed by atoms with van der Waals surface area (Å²) in [6, 6.07) is 9.25. The summed E-state index contributed by atoms with van der Waals surface area (Å²) >= 11 is 12.0. The van der Waals surface area contributed by atoms with Crippen LogP contribution in [0.2, 0.25) is 10.0 Å². The molecule has 1 N–H and O–H groups in total. The third kappa shape index (κ3) is 2.83. The molecule has 0 fully saturated rings. The molecule has 0 bridgehead atoms. The summed E-state index contributed by atoms with van der Waals surface area (Å²) in [6.07, 6.45) is 1.43. The number of aromatic nitrogens is 1. The summed E-state index contributed by atoms with van der Waals surface area (Å²) in [5.41, 5.74) is 1.85. The predicted octanol–water partition coefficient (Wildman–Crippen LogP) is 3.90. The van der Waals surface area contributed by atoms with E-state index in [1.807, 2.05) is 35.0 Å². The van der Waals surface area contributed by atoms with Crippen LogP contribution in [0.1, 0.15) is 24.3 Å². The Morgan fingerprint density at radius 3 is 2.71 bits per heavy atom. The molecule has 0 aliphatic carbocycles. The average Bonchev–Trinajstić information content (AvgIpc) is 2.70. The Bertz CT molecular complexity index is 520. The fourth-order valence-corrected chi connectivity index (χ4v) is 2.25. The van der Waals surface area contributed by atoms with Crippen molar-refractivity contribution in [1.82, 2.24) is 4.57 Å². The SMILES string of the molecule is CC(O)c1cccn1Cc1ccc(Cl)cc1Cl. The lowest BCUT2D eigenvalue weighted by Gasteiger charge is -2.12. The maximum atomic E-state index is 9.61. The van der Waals surface area contributed by atoms with Gasteiger partial charge >= 0.3 is 0 Å². The Kier molecular flexibility index (Phi) is 3.77. The predicted molar refractivity (Wildman–Crippen MR) is 70.6 cm³/mol. The van der Waals surface area contributed by atoms with Gasteiger partial charge in [0.1, 0.15) is 0 Å². The Morgan fingerprint density at radius 2 is 2.06 bits per heavy atom. The van der Waals surface area contributed by atoms with Crippen LogP contribution in [0.5, 0.6) is 0 Å². The van der Waals surface area contributed by atoms with Crippen LogP contribution in [0, 0.1) is 0 Å². The molecule has 0 aliphatic rings. The molecular formula is C13H13Cl2NO. The normalized spacial score (nSPS) is 12.7. The zero-order chi connectivity index (χ0) is 12.4. The van der Waals surface area contributed by atoms with E-state index in [0.717, 1.165) is 11.3 Å². The molecule has 1 atom stereocenters. The zero-order valence-corrected chi connectivity index (χ0v) is 10.9. The highest BCUT2D eigenvalue weighted by Gasteiger charge is 2.08. The molecule has 1 unspecified atom stereocenters. The highest BCUT2D eigenvalue weighted by molar-refractivity contribution is 6.35. The number of hydrogen-bond acceptors (Lipinski definition) is 1. The molecule has 0 spiro atoms. The smallest absolute Gasteiger partial charge is 0.0911 e. The van der Waals surface area contributed by atoms with Gasteiger partial charge in [0.05, 0.1) is 6.10 Å². The monoisotopic (exact) mass is 269 g/mol. The molecule has 0 amide bonds. The van der Waals surface area contributed by atoms with E-state index >= 15 is 0 Å². The van der Waals surface area contributed by atoms with Crippen molar-refractivity contribution in [1.29, 1.82) is 0 Å². The second-order valence-corrected chi connectivity index (χ2v) is 4.82. The van der Waals surface area contributed by atoms with E-state index in [4.69, 9.17) is 23.2 Å². The van der Waals surface area contributed by atoms with Crippen LogP contribution in [0.3, 0.4) is 0 Å². The summed E-state index contributed by atoms with van der Waals surface area (Å²) in [7, 11) is 0. The molecule has 1 aromatic heterocycles. The summed E-state index contributed by atoms with van der Waals surface area (Å²) < 4.78 is 1.97. The molecule has 2 rings (SSSR count). The van der Waals surface area contributed by atoms with Gasteiger partial charge in [0.25, 0.3) is 0 Å². The third-order valence-corrected chi connectivity index (χ3v) is 3.24. The summed E-state index contributed by atoms with van der Waals surface area (Å²) in [4.78, 5) is 0. The highest BCUT2D eigenvalue weighted by atomic mass is 35.5. The van der Waals surface area contributed by atoms with Crippen molar-refractivity contribution in [2.24, 2.45) is 0 Å². The number of halogens is 2. The van der Waals surface area contributed by atoms with E-state index in [0.29, 0.717) is 16.6 Å². The lowest BCUT2D eigenvalue weighted by Crippen LogP contribution is -2.06. The topological polar surface area (TPSA) is 25.2 Å². The van der Waals surface area contributed by atoms with E-state index in [2.05, 4.69) is 0 Å². The summed E-state index contributed by atoms with van der Waals surface area (Å²) in [5, 5.41) is 10.9. The highest BCUT2D eigenvalue weighted by Crippen LogP contribution is 2.23. The van der Waals surface area contributed by atoms with Crippen LogP contribution in [-0.4, -0.2) is 9.67 Å². The summed E-state index contributed by atoms with van der Waals surface area (Å²) in [5.74, 6) is 0. The number of benzene rings is 1. The number of hydrogen-bond donors (Lipinski definition) is 1. The minimum atomic E-state index is -0.490. The van der Waals surface area contributed by atoms with E-state index in [9.17, 15) is 5.11 Å². The van der Waals surface area contributed by atoms with Gasteiger partial charge in [-0.3, -0.25) is 0 Å². The molecule has 2 nitrogen and oxygen atoms in total. The third-order valence-electron chi connectivity index (χ3n) is 2.65. The Balaban J connectivity index is 2.28. The standard InChI is InChI=1S/C13H13Cl2NO/c1-9(17)13-3-2-6-16(13)8-10-4-5-11(14)7-12(10)15/h2-7,9,17H,8H2,1H3. The van der Waals surface area contributed by atoms with E-state index in [1.54, 1.807) is 13.0 Å². The van der Waals surface area contributed by atoms with Gasteiger partial charge < -0.3 is 9.67 Å². The minimum absolute atomic E-state index is 0.490. The Labute approximate surface area is 110 Å². The van der Waals surface area contributed by atoms with Gasteiger partial charge in [-0.25, -0.2) is 0 Å². The van der Waals surface area contributed by atoms with Crippen LogP contribution in [-0.2, 0) is 6.54 Å². The summed E-state index contributed by atoms with van der Waals surface area (Å²) in [6.45, 7) is 2.37. The molecule has 17 heavy (non-hydrogen) atoms. The van der Waals surface area contributed by atoms with Gasteiger partial charge in [0, 0.05) is 28.5 Å². The van der Waals surface area contributed by atoms with Gasteiger partial charge in [-0.2, -0.15) is 0 Å². The maximum absolute atomic E-state index is 9.61. The Hall–Kier alpha value is -0.960. The van der Waals surface area contributed by atoms with Crippen molar-refractivity contribution >= 4 is 23.2 Å². The molecule has 4 heteroatoms. The van der Waals surface area contributed by atoms with Gasteiger partial charge in [-0.05, 0) is 36.8 Å². The first-order valence-electron chi connectivity index (χ1n) is 5.35. The van der Waals surface area contributed by atoms with E-state index in [-0.39, 0.29) is 0 Å². The molecule has 1 aromatic carbocycles. The molecule has 0 aliphatic heterocycles. The van der Waals surface area contributed by atoms with Crippen LogP contribution >= 0.6 is 23.2 Å². The van der Waals surface area contributed by atoms with Gasteiger partial charge in [0.15, 0.2) is 0 Å².